The van der Waals surface area contributed by atoms with Gasteiger partial charge in [0.25, 0.3) is 0 Å². The van der Waals surface area contributed by atoms with Crippen LogP contribution in [0.2, 0.25) is 10.0 Å². The second kappa shape index (κ2) is 4.99. The Kier molecular flexibility index (Phi) is 3.79. The Hall–Kier alpha value is -0.540. The van der Waals surface area contributed by atoms with Crippen molar-refractivity contribution in [3.8, 4) is 0 Å². The van der Waals surface area contributed by atoms with Gasteiger partial charge in [0, 0.05) is 19.8 Å². The number of aliphatic hydroxyl groups is 1. The third-order valence-electron chi connectivity index (χ3n) is 2.53. The molecule has 17 heavy (non-hydrogen) atoms. The average Bonchev–Trinajstić information content (AvgIpc) is 2.55. The van der Waals surface area contributed by atoms with E-state index >= 15 is 0 Å². The van der Waals surface area contributed by atoms with Gasteiger partial charge in [-0.2, -0.15) is 0 Å². The van der Waals surface area contributed by atoms with Crippen LogP contribution in [-0.4, -0.2) is 5.11 Å². The summed E-state index contributed by atoms with van der Waals surface area (Å²) < 4.78 is 0. The highest BCUT2D eigenvalue weighted by Crippen LogP contribution is 2.33. The number of hydrogen-bond donors (Lipinski definition) is 1. The highest BCUT2D eigenvalue weighted by Gasteiger charge is 2.16. The van der Waals surface area contributed by atoms with Crippen LogP contribution in [0.4, 0.5) is 0 Å². The molecule has 1 N–H and O–H groups in total. The SMILES string of the molecule is Cc1cc(C)c(C(O)c2cc(Cl)cc(Cl)c2)s1. The minimum absolute atomic E-state index is 0.539. The van der Waals surface area contributed by atoms with Crippen LogP contribution < -0.4 is 0 Å². The second-order valence-corrected chi connectivity index (χ2v) is 6.17. The molecule has 1 aromatic heterocycles. The van der Waals surface area contributed by atoms with Gasteiger partial charge in [0.2, 0.25) is 0 Å². The zero-order valence-corrected chi connectivity index (χ0v) is 11.8. The van der Waals surface area contributed by atoms with Crippen LogP contribution in [0.1, 0.15) is 27.0 Å². The van der Waals surface area contributed by atoms with Gasteiger partial charge in [0.05, 0.1) is 0 Å². The van der Waals surface area contributed by atoms with Gasteiger partial charge in [-0.3, -0.25) is 0 Å². The summed E-state index contributed by atoms with van der Waals surface area (Å²) in [6, 6.07) is 7.21. The van der Waals surface area contributed by atoms with Gasteiger partial charge < -0.3 is 5.11 Å². The van der Waals surface area contributed by atoms with Crippen LogP contribution >= 0.6 is 34.5 Å². The molecule has 0 bridgehead atoms. The van der Waals surface area contributed by atoms with Gasteiger partial charge in [-0.05, 0) is 49.2 Å². The summed E-state index contributed by atoms with van der Waals surface area (Å²) in [6.07, 6.45) is -0.662. The van der Waals surface area contributed by atoms with Crippen molar-refractivity contribution in [1.82, 2.24) is 0 Å². The first-order valence-electron chi connectivity index (χ1n) is 5.18. The predicted molar refractivity (Wildman–Crippen MR) is 74.3 cm³/mol. The van der Waals surface area contributed by atoms with Gasteiger partial charge in [0.15, 0.2) is 0 Å². The number of aliphatic hydroxyl groups excluding tert-OH is 1. The highest BCUT2D eigenvalue weighted by molar-refractivity contribution is 7.12. The summed E-state index contributed by atoms with van der Waals surface area (Å²) in [6.45, 7) is 4.02. The van der Waals surface area contributed by atoms with Gasteiger partial charge in [-0.15, -0.1) is 11.3 Å². The summed E-state index contributed by atoms with van der Waals surface area (Å²) in [4.78, 5) is 2.13. The van der Waals surface area contributed by atoms with Crippen LogP contribution in [-0.2, 0) is 0 Å². The molecule has 0 aliphatic rings. The largest absolute Gasteiger partial charge is 0.383 e. The van der Waals surface area contributed by atoms with Crippen LogP contribution in [0, 0.1) is 13.8 Å². The second-order valence-electron chi connectivity index (χ2n) is 4.01. The van der Waals surface area contributed by atoms with E-state index < -0.39 is 6.10 Å². The van der Waals surface area contributed by atoms with Crippen molar-refractivity contribution >= 4 is 34.5 Å². The lowest BCUT2D eigenvalue weighted by Crippen LogP contribution is -1.98. The zero-order valence-electron chi connectivity index (χ0n) is 9.50. The molecule has 0 aliphatic heterocycles. The minimum atomic E-state index is -0.662. The van der Waals surface area contributed by atoms with E-state index in [0.717, 1.165) is 16.0 Å². The molecule has 0 fully saturated rings. The molecule has 2 aromatic rings. The summed E-state index contributed by atoms with van der Waals surface area (Å²) in [5.74, 6) is 0. The van der Waals surface area contributed by atoms with E-state index in [1.807, 2.05) is 13.8 Å². The van der Waals surface area contributed by atoms with E-state index in [4.69, 9.17) is 23.2 Å². The molecule has 0 amide bonds. The van der Waals surface area contributed by atoms with E-state index in [1.165, 1.54) is 4.88 Å². The van der Waals surface area contributed by atoms with Crippen molar-refractivity contribution in [3.05, 3.63) is 55.2 Å². The van der Waals surface area contributed by atoms with Crippen molar-refractivity contribution in [1.29, 1.82) is 0 Å². The molecule has 0 saturated carbocycles. The molecule has 1 unspecified atom stereocenters. The molecule has 1 nitrogen and oxygen atoms in total. The molecular weight excluding hydrogens is 275 g/mol. The fourth-order valence-electron chi connectivity index (χ4n) is 1.82. The Labute approximate surface area is 115 Å². The molecule has 90 valence electrons. The fraction of sp³-hybridized carbons (Fsp3) is 0.231. The Morgan fingerprint density at radius 3 is 2.12 bits per heavy atom. The van der Waals surface area contributed by atoms with E-state index in [0.29, 0.717) is 10.0 Å². The molecule has 1 heterocycles. The van der Waals surface area contributed by atoms with Crippen molar-refractivity contribution < 1.29 is 5.11 Å². The molecule has 1 aromatic carbocycles. The number of benzene rings is 1. The number of aryl methyl sites for hydroxylation is 2. The number of hydrogen-bond acceptors (Lipinski definition) is 2. The van der Waals surface area contributed by atoms with Crippen molar-refractivity contribution in [2.24, 2.45) is 0 Å². The van der Waals surface area contributed by atoms with Gasteiger partial charge in [0.1, 0.15) is 6.10 Å². The van der Waals surface area contributed by atoms with E-state index in [-0.39, 0.29) is 0 Å². The van der Waals surface area contributed by atoms with Gasteiger partial charge >= 0.3 is 0 Å². The number of rotatable bonds is 2. The summed E-state index contributed by atoms with van der Waals surface area (Å²) in [5, 5.41) is 11.4. The molecular formula is C13H12Cl2OS. The third kappa shape index (κ3) is 2.83. The van der Waals surface area contributed by atoms with Crippen LogP contribution in [0.15, 0.2) is 24.3 Å². The maximum atomic E-state index is 10.3. The summed E-state index contributed by atoms with van der Waals surface area (Å²) in [7, 11) is 0. The van der Waals surface area contributed by atoms with Gasteiger partial charge in [-0.1, -0.05) is 23.2 Å². The van der Waals surface area contributed by atoms with Crippen LogP contribution in [0.3, 0.4) is 0 Å². The molecule has 0 aliphatic carbocycles. The Balaban J connectivity index is 2.43. The number of halogens is 2. The van der Waals surface area contributed by atoms with Crippen molar-refractivity contribution in [3.63, 3.8) is 0 Å². The fourth-order valence-corrected chi connectivity index (χ4v) is 3.41. The average molecular weight is 287 g/mol. The molecule has 0 saturated heterocycles. The third-order valence-corrected chi connectivity index (χ3v) is 4.17. The maximum absolute atomic E-state index is 10.3. The zero-order chi connectivity index (χ0) is 12.6. The maximum Gasteiger partial charge on any atom is 0.114 e. The molecule has 0 spiro atoms. The highest BCUT2D eigenvalue weighted by atomic mass is 35.5. The lowest BCUT2D eigenvalue weighted by Gasteiger charge is -2.11. The molecule has 0 radical (unpaired) electrons. The first kappa shape index (κ1) is 12.9. The van der Waals surface area contributed by atoms with Crippen molar-refractivity contribution in [2.45, 2.75) is 20.0 Å². The Morgan fingerprint density at radius 1 is 1.06 bits per heavy atom. The standard InChI is InChI=1S/C13H12Cl2OS/c1-7-3-8(2)17-13(7)12(16)9-4-10(14)6-11(15)5-9/h3-6,12,16H,1-2H3. The monoisotopic (exact) mass is 286 g/mol. The molecule has 4 heteroatoms. The normalized spacial score (nSPS) is 12.8. The lowest BCUT2D eigenvalue weighted by atomic mass is 10.1. The Morgan fingerprint density at radius 2 is 1.65 bits per heavy atom. The van der Waals surface area contributed by atoms with Crippen LogP contribution in [0.25, 0.3) is 0 Å². The van der Waals surface area contributed by atoms with E-state index in [2.05, 4.69) is 6.07 Å². The Bertz CT molecular complexity index is 528. The number of thiophene rings is 1. The van der Waals surface area contributed by atoms with E-state index in [1.54, 1.807) is 29.5 Å². The molecule has 1 atom stereocenters. The van der Waals surface area contributed by atoms with E-state index in [9.17, 15) is 5.11 Å². The summed E-state index contributed by atoms with van der Waals surface area (Å²) in [5.41, 5.74) is 1.82. The van der Waals surface area contributed by atoms with Crippen LogP contribution in [0.5, 0.6) is 0 Å². The predicted octanol–water partition coefficient (Wildman–Crippen LogP) is 4.75. The van der Waals surface area contributed by atoms with Crippen molar-refractivity contribution in [2.75, 3.05) is 0 Å². The summed E-state index contributed by atoms with van der Waals surface area (Å²) >= 11 is 13.5. The van der Waals surface area contributed by atoms with Gasteiger partial charge in [-0.25, -0.2) is 0 Å². The lowest BCUT2D eigenvalue weighted by molar-refractivity contribution is 0.223. The first-order valence-corrected chi connectivity index (χ1v) is 6.75. The smallest absolute Gasteiger partial charge is 0.114 e. The quantitative estimate of drug-likeness (QED) is 0.844. The topological polar surface area (TPSA) is 20.2 Å². The first-order chi connectivity index (χ1) is 7.97. The minimum Gasteiger partial charge on any atom is -0.383 e. The molecule has 2 rings (SSSR count).